The Balaban J connectivity index is 1.85. The van der Waals surface area contributed by atoms with Gasteiger partial charge in [0.15, 0.2) is 6.10 Å². The number of aliphatic carboxylic acids is 1. The Morgan fingerprint density at radius 2 is 1.79 bits per heavy atom. The first-order valence-corrected chi connectivity index (χ1v) is 9.44. The normalized spacial score (nSPS) is 25.4. The molecule has 2 aromatic rings. The minimum atomic E-state index is -4.60. The molecule has 1 aliphatic rings. The molecule has 0 unspecified atom stereocenters. The number of benzene rings is 1. The molecule has 0 radical (unpaired) electrons. The van der Waals surface area contributed by atoms with Gasteiger partial charge in [0.25, 0.3) is 0 Å². The third kappa shape index (κ3) is 5.06. The molecular formula is C20H19F3N2O8. The van der Waals surface area contributed by atoms with Crippen LogP contribution in [-0.4, -0.2) is 68.1 Å². The fourth-order valence-electron chi connectivity index (χ4n) is 3.19. The van der Waals surface area contributed by atoms with E-state index in [-0.39, 0.29) is 22.6 Å². The van der Waals surface area contributed by atoms with E-state index in [1.165, 1.54) is 37.4 Å². The third-order valence-corrected chi connectivity index (χ3v) is 4.96. The number of hydrogen-bond donors (Lipinski definition) is 5. The molecule has 0 aliphatic carbocycles. The molecule has 2 heterocycles. The van der Waals surface area contributed by atoms with Gasteiger partial charge in [-0.15, -0.1) is 0 Å². The number of halogens is 3. The molecule has 5 N–H and O–H groups in total. The Kier molecular flexibility index (Phi) is 6.88. The van der Waals surface area contributed by atoms with Crippen LogP contribution >= 0.6 is 0 Å². The predicted molar refractivity (Wildman–Crippen MR) is 103 cm³/mol. The number of anilines is 2. The Morgan fingerprint density at radius 3 is 2.42 bits per heavy atom. The number of carboxylic acids is 1. The van der Waals surface area contributed by atoms with E-state index in [0.717, 1.165) is 6.07 Å². The minimum absolute atomic E-state index is 0.0102. The summed E-state index contributed by atoms with van der Waals surface area (Å²) in [5, 5.41) is 41.3. The highest BCUT2D eigenvalue weighted by molar-refractivity contribution is 5.95. The zero-order valence-corrected chi connectivity index (χ0v) is 16.9. The Hall–Kier alpha value is -3.26. The number of nitrogens with one attached hydrogen (secondary N) is 1. The van der Waals surface area contributed by atoms with Gasteiger partial charge in [0.2, 0.25) is 6.29 Å². The number of esters is 1. The van der Waals surface area contributed by atoms with E-state index >= 15 is 0 Å². The quantitative estimate of drug-likeness (QED) is 0.400. The van der Waals surface area contributed by atoms with Crippen LogP contribution in [0.4, 0.5) is 24.7 Å². The molecule has 5 atom stereocenters. The molecule has 178 valence electrons. The third-order valence-electron chi connectivity index (χ3n) is 4.96. The van der Waals surface area contributed by atoms with Gasteiger partial charge in [0.1, 0.15) is 29.7 Å². The number of aliphatic hydroxyl groups excluding tert-OH is 3. The van der Waals surface area contributed by atoms with Crippen molar-refractivity contribution in [2.24, 2.45) is 0 Å². The second kappa shape index (κ2) is 9.31. The average Bonchev–Trinajstić information content (AvgIpc) is 2.74. The van der Waals surface area contributed by atoms with Gasteiger partial charge < -0.3 is 35.2 Å². The fraction of sp³-hybridized carbons (Fsp3) is 0.350. The summed E-state index contributed by atoms with van der Waals surface area (Å²) in [5.74, 6) is -3.05. The minimum Gasteiger partial charge on any atom is -0.479 e. The van der Waals surface area contributed by atoms with E-state index in [9.17, 15) is 38.1 Å². The molecule has 0 amide bonds. The van der Waals surface area contributed by atoms with Crippen LogP contribution in [-0.2, 0) is 20.4 Å². The number of aromatic nitrogens is 1. The first-order chi connectivity index (χ1) is 15.4. The van der Waals surface area contributed by atoms with Gasteiger partial charge in [-0.3, -0.25) is 0 Å². The maximum atomic E-state index is 13.2. The van der Waals surface area contributed by atoms with Crippen molar-refractivity contribution in [3.8, 4) is 0 Å². The van der Waals surface area contributed by atoms with E-state index in [1.54, 1.807) is 0 Å². The molecule has 0 bridgehead atoms. The van der Waals surface area contributed by atoms with Crippen molar-refractivity contribution in [1.29, 1.82) is 0 Å². The summed E-state index contributed by atoms with van der Waals surface area (Å²) in [7, 11) is 0. The number of aliphatic hydroxyl groups is 3. The maximum absolute atomic E-state index is 13.2. The predicted octanol–water partition coefficient (Wildman–Crippen LogP) is 1.20. The molecule has 1 saturated heterocycles. The lowest BCUT2D eigenvalue weighted by atomic mass is 9.99. The van der Waals surface area contributed by atoms with Crippen molar-refractivity contribution in [1.82, 2.24) is 4.98 Å². The van der Waals surface area contributed by atoms with Crippen LogP contribution in [0.5, 0.6) is 0 Å². The largest absolute Gasteiger partial charge is 0.479 e. The van der Waals surface area contributed by atoms with Crippen LogP contribution < -0.4 is 5.32 Å². The van der Waals surface area contributed by atoms with Crippen LogP contribution in [0.3, 0.4) is 0 Å². The van der Waals surface area contributed by atoms with Gasteiger partial charge in [-0.05, 0) is 36.8 Å². The lowest BCUT2D eigenvalue weighted by molar-refractivity contribution is -0.278. The Bertz CT molecular complexity index is 1050. The Labute approximate surface area is 184 Å². The monoisotopic (exact) mass is 472 g/mol. The van der Waals surface area contributed by atoms with E-state index in [0.29, 0.717) is 0 Å². The van der Waals surface area contributed by atoms with Crippen LogP contribution in [0, 0.1) is 6.92 Å². The molecule has 1 aromatic carbocycles. The first-order valence-electron chi connectivity index (χ1n) is 9.44. The lowest BCUT2D eigenvalue weighted by Gasteiger charge is -2.37. The number of carbonyl (C=O) groups excluding carboxylic acids is 1. The van der Waals surface area contributed by atoms with E-state index < -0.39 is 54.4 Å². The first kappa shape index (κ1) is 24.4. The second-order valence-corrected chi connectivity index (χ2v) is 7.14. The summed E-state index contributed by atoms with van der Waals surface area (Å²) in [6.07, 6.45) is -13.2. The molecule has 33 heavy (non-hydrogen) atoms. The molecule has 10 nitrogen and oxygen atoms in total. The number of ether oxygens (including phenoxy) is 2. The van der Waals surface area contributed by atoms with Crippen LogP contribution in [0.1, 0.15) is 21.5 Å². The highest BCUT2D eigenvalue weighted by Gasteiger charge is 2.48. The van der Waals surface area contributed by atoms with Crippen molar-refractivity contribution in [2.75, 3.05) is 5.32 Å². The van der Waals surface area contributed by atoms with E-state index in [2.05, 4.69) is 10.3 Å². The summed E-state index contributed by atoms with van der Waals surface area (Å²) in [6.45, 7) is 1.23. The van der Waals surface area contributed by atoms with E-state index in [1.807, 2.05) is 0 Å². The van der Waals surface area contributed by atoms with Gasteiger partial charge in [-0.25, -0.2) is 14.6 Å². The van der Waals surface area contributed by atoms with Crippen LogP contribution in [0.25, 0.3) is 0 Å². The van der Waals surface area contributed by atoms with Gasteiger partial charge in [0.05, 0.1) is 5.56 Å². The summed E-state index contributed by atoms with van der Waals surface area (Å²) in [5.41, 5.74) is -1.31. The van der Waals surface area contributed by atoms with Gasteiger partial charge in [-0.2, -0.15) is 13.2 Å². The second-order valence-electron chi connectivity index (χ2n) is 7.14. The van der Waals surface area contributed by atoms with Crippen molar-refractivity contribution in [2.45, 2.75) is 43.8 Å². The summed E-state index contributed by atoms with van der Waals surface area (Å²) in [4.78, 5) is 27.8. The highest BCUT2D eigenvalue weighted by Crippen LogP contribution is 2.35. The van der Waals surface area contributed by atoms with Crippen molar-refractivity contribution in [3.05, 3.63) is 53.2 Å². The van der Waals surface area contributed by atoms with E-state index in [4.69, 9.17) is 14.6 Å². The smallest absolute Gasteiger partial charge is 0.416 e. The van der Waals surface area contributed by atoms with Gasteiger partial charge in [0, 0.05) is 11.9 Å². The highest BCUT2D eigenvalue weighted by atomic mass is 19.4. The maximum Gasteiger partial charge on any atom is 0.416 e. The fourth-order valence-corrected chi connectivity index (χ4v) is 3.19. The molecule has 0 saturated carbocycles. The summed E-state index contributed by atoms with van der Waals surface area (Å²) in [6, 6.07) is 5.96. The molecule has 13 heteroatoms. The van der Waals surface area contributed by atoms with Crippen molar-refractivity contribution in [3.63, 3.8) is 0 Å². The van der Waals surface area contributed by atoms with Crippen molar-refractivity contribution < 1.29 is 52.7 Å². The zero-order chi connectivity index (χ0) is 24.5. The number of carbonyl (C=O) groups is 2. The van der Waals surface area contributed by atoms with Crippen LogP contribution in [0.15, 0.2) is 36.5 Å². The summed E-state index contributed by atoms with van der Waals surface area (Å²) < 4.78 is 49.4. The summed E-state index contributed by atoms with van der Waals surface area (Å²) >= 11 is 0. The Morgan fingerprint density at radius 1 is 1.09 bits per heavy atom. The standard InChI is InChI=1S/C20H19F3N2O8/c1-8-10(20(21,22)23)5-2-6-11(8)25-16-9(4-3-7-24-16)18(31)33-19-14(28)12(26)13(27)15(32-19)17(29)30/h2-7,12-15,19,26-28H,1H3,(H,24,25)(H,29,30)/t12-,13-,14+,15-,19-/m0/s1. The molecule has 0 spiro atoms. The number of carboxylic acid groups (broad SMARTS) is 1. The number of hydrogen-bond acceptors (Lipinski definition) is 9. The number of nitrogens with zero attached hydrogens (tertiary/aromatic N) is 1. The SMILES string of the molecule is Cc1c(Nc2ncccc2C(=O)O[C@@H]2O[C@H](C(=O)O)[C@@H](O)[C@H](O)[C@H]2O)cccc1C(F)(F)F. The molecule has 3 rings (SSSR count). The topological polar surface area (TPSA) is 158 Å². The molecule has 1 aromatic heterocycles. The number of rotatable bonds is 5. The lowest BCUT2D eigenvalue weighted by Crippen LogP contribution is -2.60. The van der Waals surface area contributed by atoms with Crippen LogP contribution in [0.2, 0.25) is 0 Å². The van der Waals surface area contributed by atoms with Gasteiger partial charge in [-0.1, -0.05) is 6.07 Å². The molecule has 1 aliphatic heterocycles. The van der Waals surface area contributed by atoms with Gasteiger partial charge >= 0.3 is 18.1 Å². The molecular weight excluding hydrogens is 453 g/mol. The average molecular weight is 472 g/mol. The number of alkyl halides is 3. The molecule has 1 fully saturated rings. The van der Waals surface area contributed by atoms with Crippen molar-refractivity contribution >= 4 is 23.4 Å². The zero-order valence-electron chi connectivity index (χ0n) is 16.9. The number of pyridine rings is 1.